The fourth-order valence-corrected chi connectivity index (χ4v) is 3.49. The Hall–Kier alpha value is -2.31. The number of Topliss-reactive ketones (excluding diaryl/α,β-unsaturated/α-hetero) is 1. The molecule has 1 heterocycles. The normalized spacial score (nSPS) is 19.6. The Kier molecular flexibility index (Phi) is 5.31. The van der Waals surface area contributed by atoms with Crippen molar-refractivity contribution in [1.82, 2.24) is 0 Å². The monoisotopic (exact) mass is 393 g/mol. The van der Waals surface area contributed by atoms with Gasteiger partial charge in [0.25, 0.3) is 5.91 Å². The van der Waals surface area contributed by atoms with Gasteiger partial charge in [-0.3, -0.25) is 9.59 Å². The maximum absolute atomic E-state index is 14.2. The van der Waals surface area contributed by atoms with Gasteiger partial charge in [-0.1, -0.05) is 17.7 Å². The lowest BCUT2D eigenvalue weighted by molar-refractivity contribution is -0.147. The lowest BCUT2D eigenvalue weighted by Gasteiger charge is -2.22. The van der Waals surface area contributed by atoms with E-state index >= 15 is 0 Å². The fourth-order valence-electron chi connectivity index (χ4n) is 3.24. The Morgan fingerprint density at radius 2 is 2.00 bits per heavy atom. The maximum atomic E-state index is 14.2. The summed E-state index contributed by atoms with van der Waals surface area (Å²) in [7, 11) is 0. The van der Waals surface area contributed by atoms with Crippen LogP contribution in [-0.4, -0.2) is 28.9 Å². The standard InChI is InChI=1S/C20H18ClF2NO3/c1-12-2-4-17(16(23)8-12)24-7-6-20(27,19(24)26)18(25)5-3-13-9-14(21)11-15(22)10-13/h2,4,8-11,27H,3,5-7H2,1H3/t20-/m0/s1. The summed E-state index contributed by atoms with van der Waals surface area (Å²) < 4.78 is 27.5. The number of amides is 1. The Morgan fingerprint density at radius 1 is 1.26 bits per heavy atom. The van der Waals surface area contributed by atoms with Crippen LogP contribution in [0.5, 0.6) is 0 Å². The smallest absolute Gasteiger partial charge is 0.266 e. The third kappa shape index (κ3) is 3.87. The molecule has 1 aliphatic heterocycles. The molecule has 142 valence electrons. The van der Waals surface area contributed by atoms with Crippen LogP contribution in [0.3, 0.4) is 0 Å². The van der Waals surface area contributed by atoms with Crippen molar-refractivity contribution in [2.24, 2.45) is 0 Å². The van der Waals surface area contributed by atoms with Gasteiger partial charge >= 0.3 is 0 Å². The Balaban J connectivity index is 1.74. The summed E-state index contributed by atoms with van der Waals surface area (Å²) in [6, 6.07) is 8.30. The van der Waals surface area contributed by atoms with Crippen molar-refractivity contribution in [2.75, 3.05) is 11.4 Å². The number of carbonyl (C=O) groups is 2. The predicted octanol–water partition coefficient (Wildman–Crippen LogP) is 3.60. The second-order valence-electron chi connectivity index (χ2n) is 6.72. The second-order valence-corrected chi connectivity index (χ2v) is 7.16. The molecule has 1 saturated heterocycles. The first-order valence-electron chi connectivity index (χ1n) is 8.49. The van der Waals surface area contributed by atoms with Gasteiger partial charge in [0.15, 0.2) is 5.78 Å². The number of hydrogen-bond donors (Lipinski definition) is 1. The predicted molar refractivity (Wildman–Crippen MR) is 97.8 cm³/mol. The van der Waals surface area contributed by atoms with Gasteiger partial charge in [-0.15, -0.1) is 0 Å². The number of anilines is 1. The van der Waals surface area contributed by atoms with E-state index in [1.807, 2.05) is 0 Å². The molecule has 0 saturated carbocycles. The van der Waals surface area contributed by atoms with Crippen LogP contribution in [-0.2, 0) is 16.0 Å². The van der Waals surface area contributed by atoms with E-state index < -0.39 is 28.9 Å². The molecule has 0 bridgehead atoms. The molecule has 7 heteroatoms. The summed E-state index contributed by atoms with van der Waals surface area (Å²) in [6.07, 6.45) is -0.154. The fraction of sp³-hybridized carbons (Fsp3) is 0.300. The summed E-state index contributed by atoms with van der Waals surface area (Å²) in [5, 5.41) is 10.8. The number of nitrogens with zero attached hydrogens (tertiary/aromatic N) is 1. The molecule has 1 atom stereocenters. The van der Waals surface area contributed by atoms with Crippen LogP contribution >= 0.6 is 11.6 Å². The molecule has 0 unspecified atom stereocenters. The average Bonchev–Trinajstić information content (AvgIpc) is 2.89. The highest BCUT2D eigenvalue weighted by atomic mass is 35.5. The zero-order valence-corrected chi connectivity index (χ0v) is 15.4. The SMILES string of the molecule is Cc1ccc(N2CC[C@](O)(C(=O)CCc3cc(F)cc(Cl)c3)C2=O)c(F)c1. The lowest BCUT2D eigenvalue weighted by atomic mass is 9.92. The third-order valence-electron chi connectivity index (χ3n) is 4.71. The minimum atomic E-state index is -2.20. The number of halogens is 3. The second kappa shape index (κ2) is 7.37. The van der Waals surface area contributed by atoms with Gasteiger partial charge in [0.1, 0.15) is 11.6 Å². The van der Waals surface area contributed by atoms with Crippen LogP contribution in [0.4, 0.5) is 14.5 Å². The van der Waals surface area contributed by atoms with Crippen molar-refractivity contribution in [3.8, 4) is 0 Å². The molecular formula is C20H18ClF2NO3. The van der Waals surface area contributed by atoms with Crippen molar-refractivity contribution in [3.05, 3.63) is 64.2 Å². The summed E-state index contributed by atoms with van der Waals surface area (Å²) >= 11 is 5.79. The van der Waals surface area contributed by atoms with E-state index in [1.54, 1.807) is 13.0 Å². The maximum Gasteiger partial charge on any atom is 0.266 e. The van der Waals surface area contributed by atoms with Gasteiger partial charge in [0.05, 0.1) is 5.69 Å². The van der Waals surface area contributed by atoms with Crippen molar-refractivity contribution in [3.63, 3.8) is 0 Å². The van der Waals surface area contributed by atoms with Crippen molar-refractivity contribution < 1.29 is 23.5 Å². The molecule has 27 heavy (non-hydrogen) atoms. The quantitative estimate of drug-likeness (QED) is 0.790. The first kappa shape index (κ1) is 19.5. The van der Waals surface area contributed by atoms with Crippen LogP contribution in [0.25, 0.3) is 0 Å². The first-order valence-corrected chi connectivity index (χ1v) is 8.87. The molecule has 0 radical (unpaired) electrons. The van der Waals surface area contributed by atoms with Crippen molar-refractivity contribution in [1.29, 1.82) is 0 Å². The van der Waals surface area contributed by atoms with Gasteiger partial charge in [0.2, 0.25) is 5.60 Å². The Bertz CT molecular complexity index is 898. The topological polar surface area (TPSA) is 57.6 Å². The number of rotatable bonds is 5. The van der Waals surface area contributed by atoms with Gasteiger partial charge in [-0.2, -0.15) is 0 Å². The molecule has 1 N–H and O–H groups in total. The zero-order valence-electron chi connectivity index (χ0n) is 14.6. The number of hydrogen-bond acceptors (Lipinski definition) is 3. The zero-order chi connectivity index (χ0) is 19.8. The van der Waals surface area contributed by atoms with Crippen LogP contribution < -0.4 is 4.90 Å². The molecule has 2 aromatic carbocycles. The van der Waals surface area contributed by atoms with E-state index in [2.05, 4.69) is 0 Å². The van der Waals surface area contributed by atoms with Gasteiger partial charge in [-0.25, -0.2) is 8.78 Å². The minimum Gasteiger partial charge on any atom is -0.373 e. The highest BCUT2D eigenvalue weighted by Gasteiger charge is 2.51. The van der Waals surface area contributed by atoms with Crippen LogP contribution in [0, 0.1) is 18.6 Å². The lowest BCUT2D eigenvalue weighted by Crippen LogP contribution is -2.47. The van der Waals surface area contributed by atoms with Crippen molar-refractivity contribution in [2.45, 2.75) is 31.8 Å². The molecular weight excluding hydrogens is 376 g/mol. The molecule has 0 spiro atoms. The largest absolute Gasteiger partial charge is 0.373 e. The molecule has 2 aromatic rings. The van der Waals surface area contributed by atoms with E-state index in [1.165, 1.54) is 24.3 Å². The number of aliphatic hydroxyl groups is 1. The molecule has 1 amide bonds. The highest BCUT2D eigenvalue weighted by Crippen LogP contribution is 2.32. The number of aryl methyl sites for hydroxylation is 2. The Morgan fingerprint density at radius 3 is 2.67 bits per heavy atom. The number of benzene rings is 2. The minimum absolute atomic E-state index is 0.0336. The van der Waals surface area contributed by atoms with Crippen molar-refractivity contribution >= 4 is 29.0 Å². The van der Waals surface area contributed by atoms with Gasteiger partial charge in [-0.05, 0) is 54.8 Å². The van der Waals surface area contributed by atoms with Crippen LogP contribution in [0.2, 0.25) is 5.02 Å². The van der Waals surface area contributed by atoms with Crippen LogP contribution in [0.15, 0.2) is 36.4 Å². The van der Waals surface area contributed by atoms with E-state index in [-0.39, 0.29) is 36.5 Å². The van der Waals surface area contributed by atoms with E-state index in [4.69, 9.17) is 11.6 Å². The molecule has 4 nitrogen and oxygen atoms in total. The summed E-state index contributed by atoms with van der Waals surface area (Å²) in [5.41, 5.74) is -0.980. The van der Waals surface area contributed by atoms with E-state index in [9.17, 15) is 23.5 Å². The molecule has 3 rings (SSSR count). The summed E-state index contributed by atoms with van der Waals surface area (Å²) in [4.78, 5) is 26.2. The van der Waals surface area contributed by atoms with E-state index in [0.717, 1.165) is 11.0 Å². The number of carbonyl (C=O) groups excluding carboxylic acids is 2. The van der Waals surface area contributed by atoms with E-state index in [0.29, 0.717) is 11.1 Å². The molecule has 0 aromatic heterocycles. The highest BCUT2D eigenvalue weighted by molar-refractivity contribution is 6.30. The summed E-state index contributed by atoms with van der Waals surface area (Å²) in [5.74, 6) is -2.63. The number of ketones is 1. The van der Waals surface area contributed by atoms with Gasteiger partial charge in [0, 0.05) is 24.4 Å². The Labute approximate surface area is 160 Å². The third-order valence-corrected chi connectivity index (χ3v) is 4.93. The average molecular weight is 394 g/mol. The van der Waals surface area contributed by atoms with Crippen LogP contribution in [0.1, 0.15) is 24.0 Å². The molecule has 1 aliphatic rings. The first-order chi connectivity index (χ1) is 12.7. The molecule has 0 aliphatic carbocycles. The summed E-state index contributed by atoms with van der Waals surface area (Å²) in [6.45, 7) is 1.75. The molecule has 1 fully saturated rings. The van der Waals surface area contributed by atoms with Gasteiger partial charge < -0.3 is 10.0 Å².